The second kappa shape index (κ2) is 3.30. The van der Waals surface area contributed by atoms with Crippen LogP contribution in [-0.4, -0.2) is 11.2 Å². The molecule has 0 aromatic rings. The van der Waals surface area contributed by atoms with Crippen LogP contribution in [0.15, 0.2) is 11.6 Å². The Labute approximate surface area is 116 Å². The fraction of sp³-hybridized carbons (Fsp3) is 0.889. The third-order valence-corrected chi connectivity index (χ3v) is 7.68. The summed E-state index contributed by atoms with van der Waals surface area (Å²) in [4.78, 5) is 0. The van der Waals surface area contributed by atoms with Crippen LogP contribution >= 0.6 is 0 Å². The summed E-state index contributed by atoms with van der Waals surface area (Å²) in [5, 5.41) is 0. The average Bonchev–Trinajstić information content (AvgIpc) is 2.78. The summed E-state index contributed by atoms with van der Waals surface area (Å²) in [6.45, 7) is 2.53. The molecule has 5 aliphatic rings. The van der Waals surface area contributed by atoms with Crippen LogP contribution in [0.5, 0.6) is 0 Å². The van der Waals surface area contributed by atoms with Crippen LogP contribution in [0.25, 0.3) is 0 Å². The van der Waals surface area contributed by atoms with Gasteiger partial charge in [0.1, 0.15) is 0 Å². The first-order valence-electron chi connectivity index (χ1n) is 8.61. The Morgan fingerprint density at radius 3 is 2.95 bits per heavy atom. The fourth-order valence-corrected chi connectivity index (χ4v) is 6.81. The van der Waals surface area contributed by atoms with Gasteiger partial charge in [0.25, 0.3) is 0 Å². The summed E-state index contributed by atoms with van der Waals surface area (Å²) in [5.74, 6) is 1.65. The second-order valence-electron chi connectivity index (χ2n) is 8.23. The molecule has 1 heterocycles. The third-order valence-electron chi connectivity index (χ3n) is 7.68. The van der Waals surface area contributed by atoms with Crippen molar-refractivity contribution in [3.05, 3.63) is 11.6 Å². The molecule has 104 valence electrons. The van der Waals surface area contributed by atoms with Crippen LogP contribution in [0.4, 0.5) is 0 Å². The van der Waals surface area contributed by atoms with Crippen molar-refractivity contribution in [2.45, 2.75) is 82.3 Å². The van der Waals surface area contributed by atoms with E-state index in [4.69, 9.17) is 4.74 Å². The normalized spacial score (nSPS) is 58.5. The maximum absolute atomic E-state index is 7.15. The predicted octanol–water partition coefficient (Wildman–Crippen LogP) is 4.61. The lowest BCUT2D eigenvalue weighted by molar-refractivity contribution is -0.171. The topological polar surface area (TPSA) is 9.23 Å². The average molecular weight is 258 g/mol. The molecule has 4 aliphatic carbocycles. The summed E-state index contributed by atoms with van der Waals surface area (Å²) in [5.41, 5.74) is 2.70. The molecule has 1 aliphatic heterocycles. The maximum Gasteiger partial charge on any atom is 0.0931 e. The van der Waals surface area contributed by atoms with E-state index >= 15 is 0 Å². The fourth-order valence-electron chi connectivity index (χ4n) is 6.81. The molecule has 0 amide bonds. The molecule has 2 spiro atoms. The molecule has 3 saturated carbocycles. The molecule has 4 bridgehead atoms. The first-order valence-corrected chi connectivity index (χ1v) is 8.61. The van der Waals surface area contributed by atoms with Gasteiger partial charge in [-0.25, -0.2) is 0 Å². The quantitative estimate of drug-likeness (QED) is 0.576. The first-order chi connectivity index (χ1) is 9.20. The smallest absolute Gasteiger partial charge is 0.0931 e. The summed E-state index contributed by atoms with van der Waals surface area (Å²) in [6.07, 6.45) is 16.6. The summed E-state index contributed by atoms with van der Waals surface area (Å²) in [7, 11) is 0. The van der Waals surface area contributed by atoms with Gasteiger partial charge in [-0.1, -0.05) is 25.8 Å². The van der Waals surface area contributed by atoms with Gasteiger partial charge in [0.05, 0.1) is 11.2 Å². The zero-order chi connectivity index (χ0) is 12.7. The monoisotopic (exact) mass is 258 g/mol. The zero-order valence-corrected chi connectivity index (χ0v) is 12.2. The van der Waals surface area contributed by atoms with Crippen molar-refractivity contribution in [1.29, 1.82) is 0 Å². The van der Waals surface area contributed by atoms with E-state index in [1.54, 1.807) is 5.57 Å². The predicted molar refractivity (Wildman–Crippen MR) is 75.9 cm³/mol. The highest BCUT2D eigenvalue weighted by Crippen LogP contribution is 2.72. The number of rotatable bonds is 0. The largest absolute Gasteiger partial charge is 0.363 e. The summed E-state index contributed by atoms with van der Waals surface area (Å²) >= 11 is 0. The van der Waals surface area contributed by atoms with Crippen molar-refractivity contribution in [2.24, 2.45) is 17.3 Å². The van der Waals surface area contributed by atoms with Gasteiger partial charge >= 0.3 is 0 Å². The van der Waals surface area contributed by atoms with Crippen molar-refractivity contribution in [1.82, 2.24) is 0 Å². The van der Waals surface area contributed by atoms with E-state index < -0.39 is 0 Å². The highest BCUT2D eigenvalue weighted by Gasteiger charge is 2.71. The van der Waals surface area contributed by atoms with Crippen LogP contribution in [0.3, 0.4) is 0 Å². The molecule has 19 heavy (non-hydrogen) atoms. The molecule has 4 fully saturated rings. The molecule has 0 radical (unpaired) electrons. The molecule has 1 saturated heterocycles. The lowest BCUT2D eigenvalue weighted by Gasteiger charge is -2.46. The molecular formula is C18H26O. The molecule has 1 unspecified atom stereocenters. The molecular weight excluding hydrogens is 232 g/mol. The van der Waals surface area contributed by atoms with Crippen molar-refractivity contribution < 1.29 is 4.74 Å². The Morgan fingerprint density at radius 1 is 1.05 bits per heavy atom. The van der Waals surface area contributed by atoms with Crippen molar-refractivity contribution in [3.8, 4) is 0 Å². The molecule has 0 aromatic carbocycles. The van der Waals surface area contributed by atoms with Gasteiger partial charge in [-0.3, -0.25) is 0 Å². The maximum atomic E-state index is 7.15. The number of hydrogen-bond donors (Lipinski definition) is 0. The van der Waals surface area contributed by atoms with E-state index in [1.807, 2.05) is 0 Å². The van der Waals surface area contributed by atoms with Crippen molar-refractivity contribution in [2.75, 3.05) is 0 Å². The molecule has 1 nitrogen and oxygen atoms in total. The minimum atomic E-state index is 0.212. The first kappa shape index (κ1) is 11.4. The second-order valence-corrected chi connectivity index (χ2v) is 8.23. The molecule has 0 aromatic heterocycles. The van der Waals surface area contributed by atoms with E-state index in [0.717, 1.165) is 11.8 Å². The third kappa shape index (κ3) is 1.08. The summed E-state index contributed by atoms with van der Waals surface area (Å²) < 4.78 is 7.15. The number of hydrogen-bond acceptors (Lipinski definition) is 1. The van der Waals surface area contributed by atoms with Crippen LogP contribution in [0, 0.1) is 17.3 Å². The van der Waals surface area contributed by atoms with Gasteiger partial charge in [-0.2, -0.15) is 0 Å². The van der Waals surface area contributed by atoms with Crippen molar-refractivity contribution in [3.63, 3.8) is 0 Å². The standard InChI is InChI=1S/C18H26O/c1-16-9-4-11-18(16)15-7-6-13-5-2-3-10-17(13,19-18)14(15)8-12-16/h8,13,15H,2-7,9-12H2,1H3/t13?,15-,16+,17+,18-/m1/s1. The van der Waals surface area contributed by atoms with Gasteiger partial charge in [-0.05, 0) is 62.9 Å². The Bertz CT molecular complexity index is 466. The van der Waals surface area contributed by atoms with Gasteiger partial charge in [0, 0.05) is 11.3 Å². The minimum absolute atomic E-state index is 0.212. The SMILES string of the molecule is C[C@]12CC=C3[C@H]4CCC5CCCC[C@@]35O[C@]41CCC2. The van der Waals surface area contributed by atoms with Gasteiger partial charge in [0.2, 0.25) is 0 Å². The lowest BCUT2D eigenvalue weighted by atomic mass is 9.55. The van der Waals surface area contributed by atoms with Crippen LogP contribution in [0.2, 0.25) is 0 Å². The molecule has 1 heteroatoms. The summed E-state index contributed by atoms with van der Waals surface area (Å²) in [6, 6.07) is 0. The Morgan fingerprint density at radius 2 is 2.00 bits per heavy atom. The van der Waals surface area contributed by atoms with Crippen LogP contribution < -0.4 is 0 Å². The minimum Gasteiger partial charge on any atom is -0.363 e. The lowest BCUT2D eigenvalue weighted by Crippen LogP contribution is -2.48. The van der Waals surface area contributed by atoms with Gasteiger partial charge in [0.15, 0.2) is 0 Å². The van der Waals surface area contributed by atoms with E-state index in [0.29, 0.717) is 5.41 Å². The van der Waals surface area contributed by atoms with E-state index in [2.05, 4.69) is 13.0 Å². The number of ether oxygens (including phenoxy) is 1. The Balaban J connectivity index is 1.71. The Kier molecular flexibility index (Phi) is 1.97. The molecule has 5 rings (SSSR count). The van der Waals surface area contributed by atoms with Crippen LogP contribution in [0.1, 0.15) is 71.1 Å². The molecule has 0 N–H and O–H groups in total. The van der Waals surface area contributed by atoms with E-state index in [9.17, 15) is 0 Å². The van der Waals surface area contributed by atoms with Crippen LogP contribution in [-0.2, 0) is 4.74 Å². The van der Waals surface area contributed by atoms with Gasteiger partial charge < -0.3 is 4.74 Å². The highest BCUT2D eigenvalue weighted by atomic mass is 16.5. The molecule has 5 atom stereocenters. The zero-order valence-electron chi connectivity index (χ0n) is 12.2. The Hall–Kier alpha value is -0.300. The van der Waals surface area contributed by atoms with Gasteiger partial charge in [-0.15, -0.1) is 0 Å². The van der Waals surface area contributed by atoms with E-state index in [1.165, 1.54) is 64.2 Å². The highest BCUT2D eigenvalue weighted by molar-refractivity contribution is 5.40. The number of allylic oxidation sites excluding steroid dienone is 1. The van der Waals surface area contributed by atoms with E-state index in [-0.39, 0.29) is 11.2 Å². The van der Waals surface area contributed by atoms with Crippen molar-refractivity contribution >= 4 is 0 Å².